The van der Waals surface area contributed by atoms with Crippen LogP contribution in [0.5, 0.6) is 5.75 Å². The number of phosphoric acid groups is 1. The van der Waals surface area contributed by atoms with E-state index < -0.39 is 67.6 Å². The van der Waals surface area contributed by atoms with Crippen LogP contribution in [0.3, 0.4) is 0 Å². The van der Waals surface area contributed by atoms with E-state index in [0.717, 1.165) is 10.6 Å². The van der Waals surface area contributed by atoms with Gasteiger partial charge in [0.05, 0.1) is 51.3 Å². The average molecular weight is 820 g/mol. The molecule has 0 bridgehead atoms. The monoisotopic (exact) mass is 819 g/mol. The van der Waals surface area contributed by atoms with Crippen LogP contribution in [0.2, 0.25) is 0 Å². The second kappa shape index (κ2) is 20.8. The van der Waals surface area contributed by atoms with Crippen molar-refractivity contribution in [2.24, 2.45) is 0 Å². The molecule has 0 aliphatic carbocycles. The van der Waals surface area contributed by atoms with Gasteiger partial charge >= 0.3 is 25.6 Å². The van der Waals surface area contributed by atoms with Crippen molar-refractivity contribution in [2.75, 3.05) is 46.8 Å². The number of nitrogens with zero attached hydrogens (tertiary/aromatic N) is 2. The molecule has 3 aromatic rings. The quantitative estimate of drug-likeness (QED) is 0.0704. The molecule has 308 valence electrons. The number of amides is 2. The summed E-state index contributed by atoms with van der Waals surface area (Å²) in [7, 11) is -3.15. The predicted octanol–water partition coefficient (Wildman–Crippen LogP) is 3.06. The molecule has 57 heavy (non-hydrogen) atoms. The maximum Gasteiger partial charge on any atom is 0.534 e. The lowest BCUT2D eigenvalue weighted by atomic mass is 10.1. The number of hydrogen-bond acceptors (Lipinski definition) is 17. The first-order chi connectivity index (χ1) is 27.5. The zero-order valence-electron chi connectivity index (χ0n) is 31.0. The van der Waals surface area contributed by atoms with Crippen LogP contribution in [0, 0.1) is 0 Å². The van der Waals surface area contributed by atoms with Gasteiger partial charge in [-0.15, -0.1) is 0 Å². The van der Waals surface area contributed by atoms with E-state index in [1.54, 1.807) is 32.2 Å². The van der Waals surface area contributed by atoms with Crippen LogP contribution in [0.1, 0.15) is 48.3 Å². The number of phosphoric ester groups is 1. The van der Waals surface area contributed by atoms with Gasteiger partial charge in [-0.3, -0.25) is 37.8 Å². The van der Waals surface area contributed by atoms with Crippen molar-refractivity contribution in [3.8, 4) is 5.75 Å². The summed E-state index contributed by atoms with van der Waals surface area (Å²) in [5, 5.41) is 0.353. The SMILES string of the molecule is CC[C@H]1O[C@@H](n2ccc(=O)[nH]c2=O)C(OC(=O)c2ccccc2)C1OP(=O)(OCCOCCOCCOC)Oc1ccc(COC(=O)ON2C(=O)CCC2=O)cc1. The molecule has 2 saturated heterocycles. The Hall–Kier alpha value is -5.21. The smallest absolute Gasteiger partial charge is 0.451 e. The molecule has 2 aliphatic rings. The summed E-state index contributed by atoms with van der Waals surface area (Å²) in [6, 6.07) is 14.7. The maximum absolute atomic E-state index is 14.6. The summed E-state index contributed by atoms with van der Waals surface area (Å²) in [6.45, 7) is 2.25. The molecule has 1 aromatic heterocycles. The van der Waals surface area contributed by atoms with Crippen LogP contribution >= 0.6 is 7.82 Å². The van der Waals surface area contributed by atoms with Gasteiger partial charge in [0.2, 0.25) is 0 Å². The molecule has 0 spiro atoms. The first-order valence-electron chi connectivity index (χ1n) is 17.8. The van der Waals surface area contributed by atoms with E-state index in [1.807, 2.05) is 0 Å². The number of rotatable bonds is 21. The molecule has 5 rings (SSSR count). The van der Waals surface area contributed by atoms with Crippen molar-refractivity contribution < 1.29 is 70.6 Å². The molecule has 0 radical (unpaired) electrons. The minimum atomic E-state index is -4.70. The molecule has 2 aliphatic heterocycles. The van der Waals surface area contributed by atoms with Gasteiger partial charge in [-0.05, 0) is 36.2 Å². The Labute approximate surface area is 325 Å². The lowest BCUT2D eigenvalue weighted by Crippen LogP contribution is -2.41. The summed E-state index contributed by atoms with van der Waals surface area (Å²) in [5.41, 5.74) is -0.959. The highest BCUT2D eigenvalue weighted by Gasteiger charge is 2.52. The summed E-state index contributed by atoms with van der Waals surface area (Å²) >= 11 is 0. The topological polar surface area (TPSA) is 236 Å². The van der Waals surface area contributed by atoms with Crippen molar-refractivity contribution in [1.29, 1.82) is 0 Å². The summed E-state index contributed by atoms with van der Waals surface area (Å²) in [4.78, 5) is 80.6. The lowest BCUT2D eigenvalue weighted by molar-refractivity contribution is -0.177. The van der Waals surface area contributed by atoms with E-state index in [-0.39, 0.29) is 63.6 Å². The van der Waals surface area contributed by atoms with Gasteiger partial charge in [0.15, 0.2) is 12.3 Å². The predicted molar refractivity (Wildman–Crippen MR) is 193 cm³/mol. The second-order valence-electron chi connectivity index (χ2n) is 12.2. The molecule has 1 N–H and O–H groups in total. The lowest BCUT2D eigenvalue weighted by Gasteiger charge is -2.28. The van der Waals surface area contributed by atoms with Crippen molar-refractivity contribution in [2.45, 2.75) is 57.3 Å². The normalized spacial score (nSPS) is 20.3. The average Bonchev–Trinajstić information content (AvgIpc) is 3.70. The fraction of sp³-hybridized carbons (Fsp3) is 0.444. The highest BCUT2D eigenvalue weighted by molar-refractivity contribution is 7.49. The van der Waals surface area contributed by atoms with Crippen LogP contribution in [0.4, 0.5) is 4.79 Å². The van der Waals surface area contributed by atoms with Gasteiger partial charge in [-0.1, -0.05) is 42.3 Å². The molecule has 21 heteroatoms. The third-order valence-electron chi connectivity index (χ3n) is 8.27. The van der Waals surface area contributed by atoms with Crippen LogP contribution in [0.15, 0.2) is 76.4 Å². The van der Waals surface area contributed by atoms with E-state index in [0.29, 0.717) is 23.8 Å². The summed E-state index contributed by atoms with van der Waals surface area (Å²) in [5.74, 6) is -2.16. The van der Waals surface area contributed by atoms with E-state index in [9.17, 15) is 33.3 Å². The Morgan fingerprint density at radius 1 is 0.860 bits per heavy atom. The number of hydroxylamine groups is 2. The fourth-order valence-corrected chi connectivity index (χ4v) is 6.87. The minimum Gasteiger partial charge on any atom is -0.451 e. The molecule has 2 fully saturated rings. The van der Waals surface area contributed by atoms with Crippen LogP contribution in [-0.2, 0) is 63.1 Å². The van der Waals surface area contributed by atoms with Crippen molar-refractivity contribution in [3.05, 3.63) is 98.8 Å². The van der Waals surface area contributed by atoms with E-state index in [2.05, 4.69) is 4.98 Å². The van der Waals surface area contributed by atoms with Gasteiger partial charge in [-0.2, -0.15) is 0 Å². The number of methoxy groups -OCH3 is 1. The third kappa shape index (κ3) is 12.1. The minimum absolute atomic E-state index is 0.0245. The highest BCUT2D eigenvalue weighted by atomic mass is 31.2. The van der Waals surface area contributed by atoms with Crippen molar-refractivity contribution in [3.63, 3.8) is 0 Å². The van der Waals surface area contributed by atoms with Crippen molar-refractivity contribution >= 4 is 31.8 Å². The molecular formula is C36H42N3O17P. The number of esters is 1. The van der Waals surface area contributed by atoms with Gasteiger partial charge in [-0.25, -0.2) is 18.9 Å². The number of nitrogens with one attached hydrogen (secondary N) is 1. The van der Waals surface area contributed by atoms with Gasteiger partial charge < -0.3 is 32.9 Å². The number of aromatic amines is 1. The summed E-state index contributed by atoms with van der Waals surface area (Å²) in [6.07, 6.45) is -5.14. The maximum atomic E-state index is 14.6. The Balaban J connectivity index is 1.34. The third-order valence-corrected chi connectivity index (χ3v) is 9.70. The van der Waals surface area contributed by atoms with Crippen LogP contribution < -0.4 is 15.8 Å². The second-order valence-corrected chi connectivity index (χ2v) is 13.8. The fourth-order valence-electron chi connectivity index (χ4n) is 5.48. The molecule has 2 amide bonds. The zero-order chi connectivity index (χ0) is 40.8. The molecule has 2 aromatic carbocycles. The van der Waals surface area contributed by atoms with Gasteiger partial charge in [0.25, 0.3) is 17.4 Å². The van der Waals surface area contributed by atoms with Crippen LogP contribution in [-0.4, -0.2) is 104 Å². The Kier molecular flexibility index (Phi) is 15.7. The summed E-state index contributed by atoms with van der Waals surface area (Å²) < 4.78 is 66.1. The number of hydrogen-bond donors (Lipinski definition) is 1. The molecule has 20 nitrogen and oxygen atoms in total. The first kappa shape index (κ1) is 42.9. The largest absolute Gasteiger partial charge is 0.534 e. The van der Waals surface area contributed by atoms with Crippen molar-refractivity contribution in [1.82, 2.24) is 14.6 Å². The van der Waals surface area contributed by atoms with E-state index in [1.165, 1.54) is 42.6 Å². The number of carbonyl (C=O) groups is 4. The van der Waals surface area contributed by atoms with E-state index >= 15 is 0 Å². The Morgan fingerprint density at radius 2 is 1.53 bits per heavy atom. The number of ether oxygens (including phenoxy) is 6. The number of imide groups is 1. The van der Waals surface area contributed by atoms with E-state index in [4.69, 9.17) is 46.8 Å². The number of aromatic nitrogens is 2. The van der Waals surface area contributed by atoms with Gasteiger partial charge in [0, 0.05) is 32.2 Å². The Morgan fingerprint density at radius 3 is 2.18 bits per heavy atom. The zero-order valence-corrected chi connectivity index (χ0v) is 31.9. The van der Waals surface area contributed by atoms with Gasteiger partial charge in [0.1, 0.15) is 18.5 Å². The number of H-pyrrole nitrogens is 1. The first-order valence-corrected chi connectivity index (χ1v) is 19.3. The number of carbonyl (C=O) groups excluding carboxylic acids is 4. The molecule has 3 unspecified atom stereocenters. The standard InChI is InChI=1S/C36H42N3O17P/c1-3-27-31(32(53-34(43)25-7-5-4-6-8-25)33(52-27)38-16-15-28(40)37-35(38)44)56-57(46,51-22-21-49-20-19-48-18-17-47-2)55-26-11-9-24(10-12-26)23-50-36(45)54-39-29(41)13-14-30(39)42/h4-12,15-16,27,31-33H,3,13-14,17-23H2,1-2H3,(H,37,40,44)/t27-,31?,32?,33-,57?/m1/s1. The molecule has 5 atom stereocenters. The molecular weight excluding hydrogens is 777 g/mol. The molecule has 3 heterocycles. The highest BCUT2D eigenvalue weighted by Crippen LogP contribution is 2.53. The number of benzene rings is 2. The Bertz CT molecular complexity index is 1970. The van der Waals surface area contributed by atoms with Crippen LogP contribution in [0.25, 0.3) is 0 Å². The molecule has 0 saturated carbocycles.